The SMILES string of the molecule is C=CC(=O)N(C)C1CCc2[nH]c3c(F)cc(F)cc3c2C1. The van der Waals surface area contributed by atoms with Gasteiger partial charge in [0, 0.05) is 30.2 Å². The molecule has 1 unspecified atom stereocenters. The van der Waals surface area contributed by atoms with Gasteiger partial charge in [0.25, 0.3) is 0 Å². The Kier molecular flexibility index (Phi) is 3.27. The standard InChI is InChI=1S/C16H16F2N2O/c1-3-15(21)20(2)10-4-5-14-11(8-10)12-6-9(17)7-13(18)16(12)19-14/h3,6-7,10,19H,1,4-5,8H2,2H3. The van der Waals surface area contributed by atoms with Crippen LogP contribution in [0, 0.1) is 11.6 Å². The lowest BCUT2D eigenvalue weighted by atomic mass is 9.90. The van der Waals surface area contributed by atoms with E-state index in [2.05, 4.69) is 11.6 Å². The summed E-state index contributed by atoms with van der Waals surface area (Å²) in [4.78, 5) is 16.4. The van der Waals surface area contributed by atoms with Crippen LogP contribution in [-0.4, -0.2) is 28.9 Å². The van der Waals surface area contributed by atoms with Crippen molar-refractivity contribution in [2.45, 2.75) is 25.3 Å². The zero-order chi connectivity index (χ0) is 15.1. The zero-order valence-electron chi connectivity index (χ0n) is 11.7. The second kappa shape index (κ2) is 4.98. The number of carbonyl (C=O) groups is 1. The van der Waals surface area contributed by atoms with E-state index in [-0.39, 0.29) is 11.9 Å². The maximum absolute atomic E-state index is 13.8. The van der Waals surface area contributed by atoms with Crippen LogP contribution in [0.4, 0.5) is 8.78 Å². The molecule has 0 spiro atoms. The van der Waals surface area contributed by atoms with E-state index in [1.807, 2.05) is 0 Å². The second-order valence-corrected chi connectivity index (χ2v) is 5.44. The van der Waals surface area contributed by atoms with Crippen LogP contribution in [0.5, 0.6) is 0 Å². The molecule has 2 aromatic rings. The van der Waals surface area contributed by atoms with Gasteiger partial charge in [0.15, 0.2) is 0 Å². The molecule has 1 atom stereocenters. The Hall–Kier alpha value is -2.17. The van der Waals surface area contributed by atoms with Gasteiger partial charge in [-0.25, -0.2) is 8.78 Å². The number of likely N-dealkylation sites (N-methyl/N-ethyl adjacent to an activating group) is 1. The summed E-state index contributed by atoms with van der Waals surface area (Å²) < 4.78 is 27.3. The predicted octanol–water partition coefficient (Wildman–Crippen LogP) is 2.95. The van der Waals surface area contributed by atoms with Gasteiger partial charge < -0.3 is 9.88 Å². The monoisotopic (exact) mass is 290 g/mol. The van der Waals surface area contributed by atoms with Crippen LogP contribution in [0.25, 0.3) is 10.9 Å². The van der Waals surface area contributed by atoms with Crippen LogP contribution in [0.3, 0.4) is 0 Å². The third-order valence-corrected chi connectivity index (χ3v) is 4.26. The van der Waals surface area contributed by atoms with Gasteiger partial charge in [-0.15, -0.1) is 0 Å². The van der Waals surface area contributed by atoms with Gasteiger partial charge in [0.05, 0.1) is 5.52 Å². The molecule has 3 rings (SSSR count). The Balaban J connectivity index is 2.02. The summed E-state index contributed by atoms with van der Waals surface area (Å²) >= 11 is 0. The number of fused-ring (bicyclic) bond motifs is 3. The lowest BCUT2D eigenvalue weighted by Gasteiger charge is -2.30. The molecule has 0 bridgehead atoms. The van der Waals surface area contributed by atoms with Crippen molar-refractivity contribution >= 4 is 16.8 Å². The van der Waals surface area contributed by atoms with Crippen molar-refractivity contribution in [1.82, 2.24) is 9.88 Å². The summed E-state index contributed by atoms with van der Waals surface area (Å²) in [5.74, 6) is -1.30. The Morgan fingerprint density at radius 3 is 2.95 bits per heavy atom. The Labute approximate surface area is 121 Å². The number of halogens is 2. The Morgan fingerprint density at radius 2 is 2.24 bits per heavy atom. The van der Waals surface area contributed by atoms with Crippen LogP contribution in [-0.2, 0) is 17.6 Å². The van der Waals surface area contributed by atoms with Gasteiger partial charge >= 0.3 is 0 Å². The third-order valence-electron chi connectivity index (χ3n) is 4.26. The van der Waals surface area contributed by atoms with E-state index in [0.717, 1.165) is 23.7 Å². The average molecular weight is 290 g/mol. The molecule has 0 fully saturated rings. The quantitative estimate of drug-likeness (QED) is 0.848. The molecule has 1 aliphatic carbocycles. The fraction of sp³-hybridized carbons (Fsp3) is 0.312. The van der Waals surface area contributed by atoms with Gasteiger partial charge in [0.1, 0.15) is 11.6 Å². The minimum Gasteiger partial charge on any atom is -0.356 e. The van der Waals surface area contributed by atoms with Gasteiger partial charge in [-0.3, -0.25) is 4.79 Å². The molecule has 1 N–H and O–H groups in total. The lowest BCUT2D eigenvalue weighted by molar-refractivity contribution is -0.126. The molecule has 1 heterocycles. The zero-order valence-corrected chi connectivity index (χ0v) is 11.7. The van der Waals surface area contributed by atoms with Gasteiger partial charge in [-0.05, 0) is 37.0 Å². The number of nitrogens with zero attached hydrogens (tertiary/aromatic N) is 1. The molecule has 1 amide bonds. The van der Waals surface area contributed by atoms with Crippen molar-refractivity contribution in [3.8, 4) is 0 Å². The van der Waals surface area contributed by atoms with E-state index < -0.39 is 11.6 Å². The van der Waals surface area contributed by atoms with Gasteiger partial charge in [0.2, 0.25) is 5.91 Å². The Bertz CT molecular complexity index is 735. The summed E-state index contributed by atoms with van der Waals surface area (Å²) in [5, 5.41) is 0.576. The van der Waals surface area contributed by atoms with Crippen LogP contribution in [0.2, 0.25) is 0 Å². The normalized spacial score (nSPS) is 17.6. The van der Waals surface area contributed by atoms with Crippen molar-refractivity contribution in [2.75, 3.05) is 7.05 Å². The molecule has 3 nitrogen and oxygen atoms in total. The number of amides is 1. The molecular formula is C16H16F2N2O. The fourth-order valence-electron chi connectivity index (χ4n) is 3.08. The van der Waals surface area contributed by atoms with Gasteiger partial charge in [-0.2, -0.15) is 0 Å². The smallest absolute Gasteiger partial charge is 0.245 e. The van der Waals surface area contributed by atoms with Crippen molar-refractivity contribution in [2.24, 2.45) is 0 Å². The van der Waals surface area contributed by atoms with E-state index in [0.29, 0.717) is 23.7 Å². The van der Waals surface area contributed by atoms with E-state index in [1.54, 1.807) is 11.9 Å². The first-order valence-corrected chi connectivity index (χ1v) is 6.89. The first-order valence-electron chi connectivity index (χ1n) is 6.89. The minimum absolute atomic E-state index is 0.0216. The first-order chi connectivity index (χ1) is 10.0. The maximum atomic E-state index is 13.8. The number of hydrogen-bond donors (Lipinski definition) is 1. The number of aromatic amines is 1. The maximum Gasteiger partial charge on any atom is 0.245 e. The molecule has 5 heteroatoms. The number of hydrogen-bond acceptors (Lipinski definition) is 1. The number of H-pyrrole nitrogens is 1. The number of nitrogens with one attached hydrogen (secondary N) is 1. The summed E-state index contributed by atoms with van der Waals surface area (Å²) in [6.45, 7) is 3.49. The molecule has 1 aliphatic rings. The average Bonchev–Trinajstić information content (AvgIpc) is 2.84. The third kappa shape index (κ3) is 2.22. The number of aryl methyl sites for hydroxylation is 1. The second-order valence-electron chi connectivity index (χ2n) is 5.44. The summed E-state index contributed by atoms with van der Waals surface area (Å²) in [6.07, 6.45) is 3.38. The van der Waals surface area contributed by atoms with Crippen molar-refractivity contribution in [3.05, 3.63) is 47.7 Å². The molecule has 0 radical (unpaired) electrons. The number of rotatable bonds is 2. The van der Waals surface area contributed by atoms with E-state index >= 15 is 0 Å². The highest BCUT2D eigenvalue weighted by Crippen LogP contribution is 2.32. The van der Waals surface area contributed by atoms with Crippen LogP contribution < -0.4 is 0 Å². The van der Waals surface area contributed by atoms with E-state index in [9.17, 15) is 13.6 Å². The van der Waals surface area contributed by atoms with Crippen molar-refractivity contribution in [1.29, 1.82) is 0 Å². The van der Waals surface area contributed by atoms with E-state index in [4.69, 9.17) is 0 Å². The number of benzene rings is 1. The summed E-state index contributed by atoms with van der Waals surface area (Å²) in [7, 11) is 1.73. The van der Waals surface area contributed by atoms with Crippen LogP contribution >= 0.6 is 0 Å². The highest BCUT2D eigenvalue weighted by Gasteiger charge is 2.27. The van der Waals surface area contributed by atoms with Gasteiger partial charge in [-0.1, -0.05) is 6.58 Å². The molecule has 0 saturated carbocycles. The van der Waals surface area contributed by atoms with Crippen molar-refractivity contribution in [3.63, 3.8) is 0 Å². The lowest BCUT2D eigenvalue weighted by Crippen LogP contribution is -2.39. The summed E-state index contributed by atoms with van der Waals surface area (Å²) in [5.41, 5.74) is 2.19. The summed E-state index contributed by atoms with van der Waals surface area (Å²) in [6, 6.07) is 2.26. The topological polar surface area (TPSA) is 36.1 Å². The predicted molar refractivity (Wildman–Crippen MR) is 77.0 cm³/mol. The molecule has 0 saturated heterocycles. The molecule has 110 valence electrons. The van der Waals surface area contributed by atoms with Crippen LogP contribution in [0.1, 0.15) is 17.7 Å². The molecule has 21 heavy (non-hydrogen) atoms. The van der Waals surface area contributed by atoms with Crippen LogP contribution in [0.15, 0.2) is 24.8 Å². The molecule has 1 aromatic heterocycles. The first kappa shape index (κ1) is 13.8. The molecule has 0 aliphatic heterocycles. The highest BCUT2D eigenvalue weighted by molar-refractivity contribution is 5.88. The molecular weight excluding hydrogens is 274 g/mol. The number of carbonyl (C=O) groups excluding carboxylic acids is 1. The number of aromatic nitrogens is 1. The molecule has 1 aromatic carbocycles. The fourth-order valence-corrected chi connectivity index (χ4v) is 3.08. The van der Waals surface area contributed by atoms with Crippen molar-refractivity contribution < 1.29 is 13.6 Å². The Morgan fingerprint density at radius 1 is 1.48 bits per heavy atom. The minimum atomic E-state index is -0.584. The van der Waals surface area contributed by atoms with E-state index in [1.165, 1.54) is 12.1 Å². The highest BCUT2D eigenvalue weighted by atomic mass is 19.1. The largest absolute Gasteiger partial charge is 0.356 e.